The van der Waals surface area contributed by atoms with Crippen molar-refractivity contribution in [1.29, 1.82) is 0 Å². The van der Waals surface area contributed by atoms with Gasteiger partial charge in [-0.3, -0.25) is 9.53 Å². The molecule has 24 heavy (non-hydrogen) atoms. The van der Waals surface area contributed by atoms with Crippen LogP contribution >= 0.6 is 0 Å². The molecule has 0 saturated heterocycles. The largest absolute Gasteiger partial charge is 0.323 e. The molecule has 0 bridgehead atoms. The summed E-state index contributed by atoms with van der Waals surface area (Å²) < 4.78 is 11.5. The fraction of sp³-hybridized carbons (Fsp3) is 0.333. The summed E-state index contributed by atoms with van der Waals surface area (Å²) in [6, 6.07) is 10.9. The first-order chi connectivity index (χ1) is 11.3. The molecule has 0 saturated carbocycles. The van der Waals surface area contributed by atoms with E-state index in [1.165, 1.54) is 0 Å². The highest BCUT2D eigenvalue weighted by atomic mass is 32.2. The van der Waals surface area contributed by atoms with Crippen LogP contribution in [0.2, 0.25) is 0 Å². The summed E-state index contributed by atoms with van der Waals surface area (Å²) >= 11 is 0. The number of nitrogens with zero attached hydrogens (tertiary/aromatic N) is 2. The third kappa shape index (κ3) is 4.41. The summed E-state index contributed by atoms with van der Waals surface area (Å²) in [6.45, 7) is 5.82. The van der Waals surface area contributed by atoms with E-state index < -0.39 is 10.8 Å². The molecule has 2 aromatic rings. The molecule has 1 aromatic heterocycles. The van der Waals surface area contributed by atoms with E-state index in [0.29, 0.717) is 5.82 Å². The van der Waals surface area contributed by atoms with Gasteiger partial charge in [0.15, 0.2) is 0 Å². The minimum absolute atomic E-state index is 0.116. The third-order valence-electron chi connectivity index (χ3n) is 3.93. The van der Waals surface area contributed by atoms with Crippen molar-refractivity contribution in [1.82, 2.24) is 9.88 Å². The molecule has 0 fully saturated rings. The Kier molecular flexibility index (Phi) is 5.72. The monoisotopic (exact) mass is 345 g/mol. The molecule has 6 heteroatoms. The van der Waals surface area contributed by atoms with E-state index in [2.05, 4.69) is 10.3 Å². The van der Waals surface area contributed by atoms with Crippen molar-refractivity contribution >= 4 is 22.6 Å². The first-order valence-electron chi connectivity index (χ1n) is 7.70. The van der Waals surface area contributed by atoms with Crippen molar-refractivity contribution in [3.8, 4) is 0 Å². The molecule has 2 amide bonds. The fourth-order valence-electron chi connectivity index (χ4n) is 2.44. The van der Waals surface area contributed by atoms with Crippen LogP contribution in [-0.2, 0) is 10.8 Å². The molecular formula is C18H23N3O2S. The first kappa shape index (κ1) is 18.1. The number of aromatic nitrogens is 1. The van der Waals surface area contributed by atoms with Crippen LogP contribution in [0.4, 0.5) is 10.6 Å². The van der Waals surface area contributed by atoms with E-state index in [0.717, 1.165) is 21.7 Å². The molecule has 1 aromatic carbocycles. The van der Waals surface area contributed by atoms with Crippen LogP contribution in [0.15, 0.2) is 41.3 Å². The molecule has 0 aliphatic heterocycles. The maximum Gasteiger partial charge on any atom is 0.323 e. The summed E-state index contributed by atoms with van der Waals surface area (Å²) in [5, 5.41) is 2.83. The van der Waals surface area contributed by atoms with E-state index in [4.69, 9.17) is 0 Å². The van der Waals surface area contributed by atoms with E-state index in [1.54, 1.807) is 18.2 Å². The van der Waals surface area contributed by atoms with Crippen molar-refractivity contribution in [2.45, 2.75) is 31.7 Å². The van der Waals surface area contributed by atoms with Gasteiger partial charge >= 0.3 is 6.03 Å². The van der Waals surface area contributed by atoms with E-state index in [9.17, 15) is 9.00 Å². The summed E-state index contributed by atoms with van der Waals surface area (Å²) in [5.41, 5.74) is 2.90. The molecule has 0 radical (unpaired) electrons. The maximum absolute atomic E-state index is 12.5. The van der Waals surface area contributed by atoms with Crippen LogP contribution in [0.25, 0.3) is 0 Å². The number of amides is 2. The lowest BCUT2D eigenvalue weighted by molar-refractivity contribution is 0.208. The van der Waals surface area contributed by atoms with Gasteiger partial charge in [-0.05, 0) is 56.2 Å². The van der Waals surface area contributed by atoms with E-state index in [-0.39, 0.29) is 12.1 Å². The van der Waals surface area contributed by atoms with Gasteiger partial charge in [0.05, 0.1) is 6.04 Å². The highest BCUT2D eigenvalue weighted by molar-refractivity contribution is 7.84. The van der Waals surface area contributed by atoms with Crippen molar-refractivity contribution in [3.63, 3.8) is 0 Å². The second-order valence-electron chi connectivity index (χ2n) is 5.91. The molecule has 0 unspecified atom stereocenters. The van der Waals surface area contributed by atoms with Gasteiger partial charge in [0.25, 0.3) is 0 Å². The summed E-state index contributed by atoms with van der Waals surface area (Å²) in [7, 11) is 0.742. The second kappa shape index (κ2) is 7.57. The van der Waals surface area contributed by atoms with Gasteiger partial charge in [0, 0.05) is 34.7 Å². The van der Waals surface area contributed by atoms with Crippen molar-refractivity contribution < 1.29 is 9.00 Å². The number of hydrogen-bond donors (Lipinski definition) is 1. The van der Waals surface area contributed by atoms with Gasteiger partial charge in [-0.15, -0.1) is 0 Å². The van der Waals surface area contributed by atoms with Crippen molar-refractivity contribution in [2.24, 2.45) is 0 Å². The number of carbonyl (C=O) groups excluding carboxylic acids is 1. The fourth-order valence-corrected chi connectivity index (χ4v) is 2.96. The lowest BCUT2D eigenvalue weighted by Gasteiger charge is -2.25. The Morgan fingerprint density at radius 3 is 2.38 bits per heavy atom. The predicted molar refractivity (Wildman–Crippen MR) is 97.7 cm³/mol. The van der Waals surface area contributed by atoms with Crippen LogP contribution < -0.4 is 5.32 Å². The zero-order valence-corrected chi connectivity index (χ0v) is 15.5. The molecule has 1 heterocycles. The number of rotatable bonds is 4. The smallest absolute Gasteiger partial charge is 0.321 e. The molecule has 0 aliphatic rings. The van der Waals surface area contributed by atoms with Gasteiger partial charge in [-0.2, -0.15) is 0 Å². The van der Waals surface area contributed by atoms with Crippen molar-refractivity contribution in [2.75, 3.05) is 18.6 Å². The van der Waals surface area contributed by atoms with E-state index >= 15 is 0 Å². The number of aryl methyl sites for hydroxylation is 2. The Labute approximate surface area is 145 Å². The highest BCUT2D eigenvalue weighted by Crippen LogP contribution is 2.21. The Morgan fingerprint density at radius 2 is 1.83 bits per heavy atom. The lowest BCUT2D eigenvalue weighted by atomic mass is 10.1. The van der Waals surface area contributed by atoms with Crippen LogP contribution in [0, 0.1) is 13.8 Å². The van der Waals surface area contributed by atoms with E-state index in [1.807, 2.05) is 57.2 Å². The molecule has 0 aliphatic carbocycles. The predicted octanol–water partition coefficient (Wildman–Crippen LogP) is 3.66. The number of nitrogens with one attached hydrogen (secondary N) is 1. The molecule has 1 N–H and O–H groups in total. The Hall–Kier alpha value is -2.21. The topological polar surface area (TPSA) is 62.3 Å². The first-order valence-corrected chi connectivity index (χ1v) is 9.26. The average molecular weight is 345 g/mol. The zero-order valence-electron chi connectivity index (χ0n) is 14.7. The van der Waals surface area contributed by atoms with Gasteiger partial charge in [-0.25, -0.2) is 9.78 Å². The second-order valence-corrected chi connectivity index (χ2v) is 7.29. The molecular weight excluding hydrogens is 322 g/mol. The molecule has 128 valence electrons. The van der Waals surface area contributed by atoms with Gasteiger partial charge in [0.1, 0.15) is 5.82 Å². The lowest BCUT2D eigenvalue weighted by Crippen LogP contribution is -2.33. The molecule has 2 atom stereocenters. The summed E-state index contributed by atoms with van der Waals surface area (Å²) in [5.74, 6) is 0.549. The summed E-state index contributed by atoms with van der Waals surface area (Å²) in [4.78, 5) is 19.2. The van der Waals surface area contributed by atoms with Crippen molar-refractivity contribution in [3.05, 3.63) is 53.2 Å². The normalized spacial score (nSPS) is 13.2. The Bertz CT molecular complexity index is 739. The van der Waals surface area contributed by atoms with Gasteiger partial charge < -0.3 is 4.90 Å². The third-order valence-corrected chi connectivity index (χ3v) is 4.86. The van der Waals surface area contributed by atoms with Gasteiger partial charge in [-0.1, -0.05) is 12.1 Å². The number of hydrogen-bond acceptors (Lipinski definition) is 3. The minimum Gasteiger partial charge on any atom is -0.321 e. The summed E-state index contributed by atoms with van der Waals surface area (Å²) in [6.07, 6.45) is 1.65. The number of carbonyl (C=O) groups is 1. The molecule has 2 rings (SSSR count). The number of anilines is 1. The molecule has 0 spiro atoms. The van der Waals surface area contributed by atoms with Crippen LogP contribution in [0.3, 0.4) is 0 Å². The Balaban J connectivity index is 2.10. The SMILES string of the molecule is Cc1cc(C)nc(NC(=O)N(C)[C@H](C)c2ccc([S@@](C)=O)cc2)c1. The number of benzene rings is 1. The average Bonchev–Trinajstić information content (AvgIpc) is 2.52. The highest BCUT2D eigenvalue weighted by Gasteiger charge is 2.18. The Morgan fingerprint density at radius 1 is 1.21 bits per heavy atom. The van der Waals surface area contributed by atoms with Crippen LogP contribution in [-0.4, -0.2) is 33.4 Å². The standard InChI is InChI=1S/C18H23N3O2S/c1-12-10-13(2)19-17(11-12)20-18(22)21(4)14(3)15-6-8-16(9-7-15)24(5)23/h6-11,14H,1-5H3,(H,19,20,22)/t14-,24-/m1/s1. The minimum atomic E-state index is -1.00. The zero-order chi connectivity index (χ0) is 17.9. The van der Waals surface area contributed by atoms with Crippen LogP contribution in [0.1, 0.15) is 29.8 Å². The van der Waals surface area contributed by atoms with Crippen LogP contribution in [0.5, 0.6) is 0 Å². The quantitative estimate of drug-likeness (QED) is 0.920. The molecule has 5 nitrogen and oxygen atoms in total. The maximum atomic E-state index is 12.5. The number of pyridine rings is 1. The number of urea groups is 1. The van der Waals surface area contributed by atoms with Gasteiger partial charge in [0.2, 0.25) is 0 Å².